The summed E-state index contributed by atoms with van der Waals surface area (Å²) in [4.78, 5) is 0. The van der Waals surface area contributed by atoms with E-state index in [0.29, 0.717) is 10.9 Å². The van der Waals surface area contributed by atoms with Gasteiger partial charge in [0.2, 0.25) is 0 Å². The van der Waals surface area contributed by atoms with Gasteiger partial charge in [-0.15, -0.1) is 0 Å². The highest BCUT2D eigenvalue weighted by Crippen LogP contribution is 2.55. The molecule has 1 nitrogen and oxygen atoms in total. The summed E-state index contributed by atoms with van der Waals surface area (Å²) in [5, 5.41) is 4.07. The Balaban J connectivity index is 2.06. The van der Waals surface area contributed by atoms with Crippen LogP contribution in [-0.4, -0.2) is 12.1 Å². The zero-order valence-corrected chi connectivity index (χ0v) is 12.2. The topological polar surface area (TPSA) is 12.0 Å². The number of nitrogens with one attached hydrogen (secondary N) is 1. The summed E-state index contributed by atoms with van der Waals surface area (Å²) in [5.41, 5.74) is 1.31. The summed E-state index contributed by atoms with van der Waals surface area (Å²) in [7, 11) is 0. The molecule has 18 heavy (non-hydrogen) atoms. The standard InChI is InChI=1S/C15H21ClFN/c1-14(2,3)18-9-10-8-15(10,4)12-6-5-11(17)7-13(12)16/h5-7,10,18H,8-9H2,1-4H3. The van der Waals surface area contributed by atoms with Crippen LogP contribution in [0.5, 0.6) is 0 Å². The van der Waals surface area contributed by atoms with Crippen LogP contribution in [0, 0.1) is 11.7 Å². The van der Waals surface area contributed by atoms with Gasteiger partial charge in [0, 0.05) is 10.6 Å². The van der Waals surface area contributed by atoms with Gasteiger partial charge < -0.3 is 5.32 Å². The van der Waals surface area contributed by atoms with Gasteiger partial charge in [-0.25, -0.2) is 4.39 Å². The van der Waals surface area contributed by atoms with Gasteiger partial charge >= 0.3 is 0 Å². The Morgan fingerprint density at radius 3 is 2.67 bits per heavy atom. The normalized spacial score (nSPS) is 27.3. The molecule has 1 aliphatic rings. The Morgan fingerprint density at radius 1 is 1.44 bits per heavy atom. The van der Waals surface area contributed by atoms with E-state index in [4.69, 9.17) is 11.6 Å². The first-order chi connectivity index (χ1) is 8.22. The summed E-state index contributed by atoms with van der Waals surface area (Å²) in [6.45, 7) is 9.68. The molecule has 1 N–H and O–H groups in total. The summed E-state index contributed by atoms with van der Waals surface area (Å²) in [6, 6.07) is 4.74. The summed E-state index contributed by atoms with van der Waals surface area (Å²) < 4.78 is 13.1. The highest BCUT2D eigenvalue weighted by molar-refractivity contribution is 6.31. The molecule has 1 aromatic carbocycles. The van der Waals surface area contributed by atoms with E-state index in [1.807, 2.05) is 6.07 Å². The van der Waals surface area contributed by atoms with Gasteiger partial charge in [0.05, 0.1) is 0 Å². The molecule has 0 bridgehead atoms. The Hall–Kier alpha value is -0.600. The maximum atomic E-state index is 13.1. The quantitative estimate of drug-likeness (QED) is 0.869. The molecule has 1 saturated carbocycles. The van der Waals surface area contributed by atoms with Crippen LogP contribution in [0.1, 0.15) is 39.7 Å². The Bertz CT molecular complexity index is 452. The lowest BCUT2D eigenvalue weighted by molar-refractivity contribution is 0.406. The van der Waals surface area contributed by atoms with Crippen molar-refractivity contribution in [1.29, 1.82) is 0 Å². The lowest BCUT2D eigenvalue weighted by Gasteiger charge is -2.22. The van der Waals surface area contributed by atoms with E-state index in [-0.39, 0.29) is 16.8 Å². The fourth-order valence-electron chi connectivity index (χ4n) is 2.46. The molecule has 1 aliphatic carbocycles. The second-order valence-corrected chi connectivity index (χ2v) is 6.98. The molecule has 0 aliphatic heterocycles. The number of hydrogen-bond donors (Lipinski definition) is 1. The van der Waals surface area contributed by atoms with Gasteiger partial charge in [-0.3, -0.25) is 0 Å². The minimum absolute atomic E-state index is 0.100. The van der Waals surface area contributed by atoms with Gasteiger partial charge in [0.15, 0.2) is 0 Å². The minimum Gasteiger partial charge on any atom is -0.312 e. The Kier molecular flexibility index (Phi) is 3.46. The van der Waals surface area contributed by atoms with E-state index in [1.165, 1.54) is 12.1 Å². The molecular formula is C15H21ClFN. The summed E-state index contributed by atoms with van der Waals surface area (Å²) in [6.07, 6.45) is 1.11. The average molecular weight is 270 g/mol. The lowest BCUT2D eigenvalue weighted by Crippen LogP contribution is -2.37. The smallest absolute Gasteiger partial charge is 0.124 e. The largest absolute Gasteiger partial charge is 0.312 e. The van der Waals surface area contributed by atoms with Crippen LogP contribution in [0.15, 0.2) is 18.2 Å². The first kappa shape index (κ1) is 13.8. The molecule has 0 saturated heterocycles. The van der Waals surface area contributed by atoms with Crippen LogP contribution in [0.25, 0.3) is 0 Å². The molecule has 0 aromatic heterocycles. The zero-order valence-electron chi connectivity index (χ0n) is 11.5. The Morgan fingerprint density at radius 2 is 2.11 bits per heavy atom. The molecule has 0 amide bonds. The minimum atomic E-state index is -0.266. The highest BCUT2D eigenvalue weighted by Gasteiger charge is 2.51. The van der Waals surface area contributed by atoms with Gasteiger partial charge in [0.1, 0.15) is 5.82 Å². The maximum absolute atomic E-state index is 13.1. The molecule has 2 unspecified atom stereocenters. The molecule has 0 heterocycles. The van der Waals surface area contributed by atoms with Crippen molar-refractivity contribution in [3.05, 3.63) is 34.6 Å². The van der Waals surface area contributed by atoms with E-state index in [9.17, 15) is 4.39 Å². The molecule has 2 rings (SSSR count). The molecule has 0 radical (unpaired) electrons. The van der Waals surface area contributed by atoms with Crippen molar-refractivity contribution >= 4 is 11.6 Å². The predicted molar refractivity (Wildman–Crippen MR) is 74.6 cm³/mol. The first-order valence-electron chi connectivity index (χ1n) is 6.43. The maximum Gasteiger partial charge on any atom is 0.124 e. The van der Waals surface area contributed by atoms with Gasteiger partial charge in [0.25, 0.3) is 0 Å². The third kappa shape index (κ3) is 2.86. The van der Waals surface area contributed by atoms with Crippen molar-refractivity contribution < 1.29 is 4.39 Å². The van der Waals surface area contributed by atoms with Gasteiger partial charge in [-0.05, 0) is 62.8 Å². The number of rotatable bonds is 3. The van der Waals surface area contributed by atoms with Crippen molar-refractivity contribution in [2.45, 2.75) is 45.1 Å². The number of benzene rings is 1. The van der Waals surface area contributed by atoms with Crippen molar-refractivity contribution in [3.8, 4) is 0 Å². The van der Waals surface area contributed by atoms with Crippen molar-refractivity contribution in [2.75, 3.05) is 6.54 Å². The van der Waals surface area contributed by atoms with E-state index >= 15 is 0 Å². The van der Waals surface area contributed by atoms with Crippen molar-refractivity contribution in [2.24, 2.45) is 5.92 Å². The first-order valence-corrected chi connectivity index (χ1v) is 6.81. The van der Waals surface area contributed by atoms with Crippen LogP contribution in [0.3, 0.4) is 0 Å². The average Bonchev–Trinajstić information content (AvgIpc) is 2.86. The third-order valence-corrected chi connectivity index (χ3v) is 4.15. The van der Waals surface area contributed by atoms with Crippen LogP contribution in [0.2, 0.25) is 5.02 Å². The summed E-state index contributed by atoms with van der Waals surface area (Å²) in [5.74, 6) is 0.317. The van der Waals surface area contributed by atoms with Crippen molar-refractivity contribution in [1.82, 2.24) is 5.32 Å². The van der Waals surface area contributed by atoms with Crippen LogP contribution in [0.4, 0.5) is 4.39 Å². The Labute approximate surface area is 114 Å². The second-order valence-electron chi connectivity index (χ2n) is 6.57. The second kappa shape index (κ2) is 4.50. The highest BCUT2D eigenvalue weighted by atomic mass is 35.5. The molecule has 1 fully saturated rings. The fourth-order valence-corrected chi connectivity index (χ4v) is 2.85. The summed E-state index contributed by atoms with van der Waals surface area (Å²) >= 11 is 6.15. The van der Waals surface area contributed by atoms with Crippen molar-refractivity contribution in [3.63, 3.8) is 0 Å². The van der Waals surface area contributed by atoms with E-state index < -0.39 is 0 Å². The van der Waals surface area contributed by atoms with Gasteiger partial charge in [-0.1, -0.05) is 24.6 Å². The van der Waals surface area contributed by atoms with Crippen LogP contribution in [-0.2, 0) is 5.41 Å². The molecule has 1 aromatic rings. The van der Waals surface area contributed by atoms with Gasteiger partial charge in [-0.2, -0.15) is 0 Å². The fraction of sp³-hybridized carbons (Fsp3) is 0.600. The SMILES string of the molecule is CC(C)(C)NCC1CC1(C)c1ccc(F)cc1Cl. The molecular weight excluding hydrogens is 249 g/mol. The van der Waals surface area contributed by atoms with E-state index in [2.05, 4.69) is 33.0 Å². The molecule has 3 heteroatoms. The number of hydrogen-bond acceptors (Lipinski definition) is 1. The zero-order chi connectivity index (χ0) is 13.6. The molecule has 0 spiro atoms. The monoisotopic (exact) mass is 269 g/mol. The van der Waals surface area contributed by atoms with Crippen LogP contribution >= 0.6 is 11.6 Å². The predicted octanol–water partition coefficient (Wildman–Crippen LogP) is 4.14. The third-order valence-electron chi connectivity index (χ3n) is 3.84. The molecule has 100 valence electrons. The van der Waals surface area contributed by atoms with Crippen LogP contribution < -0.4 is 5.32 Å². The number of halogens is 2. The van der Waals surface area contributed by atoms with E-state index in [1.54, 1.807) is 0 Å². The molecule has 2 atom stereocenters. The lowest BCUT2D eigenvalue weighted by atomic mass is 9.95. The van der Waals surface area contributed by atoms with E-state index in [0.717, 1.165) is 18.5 Å².